The van der Waals surface area contributed by atoms with E-state index >= 15 is 0 Å². The molecule has 0 spiro atoms. The van der Waals surface area contributed by atoms with Gasteiger partial charge >= 0.3 is 0 Å². The SMILES string of the molecule is CCNC(c1cnccc1N)C(CC)(CC)N1CCCC1. The van der Waals surface area contributed by atoms with E-state index in [1.54, 1.807) is 6.20 Å². The highest BCUT2D eigenvalue weighted by Crippen LogP contribution is 2.40. The highest BCUT2D eigenvalue weighted by atomic mass is 15.2. The maximum absolute atomic E-state index is 6.26. The second-order valence-corrected chi connectivity index (χ2v) is 6.00. The number of nitrogens with zero attached hydrogens (tertiary/aromatic N) is 2. The summed E-state index contributed by atoms with van der Waals surface area (Å²) in [6.07, 6.45) is 8.58. The third-order valence-electron chi connectivity index (χ3n) is 5.10. The van der Waals surface area contributed by atoms with Gasteiger partial charge < -0.3 is 11.1 Å². The van der Waals surface area contributed by atoms with Gasteiger partial charge in [-0.2, -0.15) is 0 Å². The Morgan fingerprint density at radius 3 is 2.48 bits per heavy atom. The molecule has 0 bridgehead atoms. The number of hydrogen-bond donors (Lipinski definition) is 2. The minimum atomic E-state index is 0.129. The van der Waals surface area contributed by atoms with Crippen LogP contribution in [0.1, 0.15) is 58.1 Å². The molecular weight excluding hydrogens is 260 g/mol. The maximum atomic E-state index is 6.26. The first kappa shape index (κ1) is 16.2. The molecule has 21 heavy (non-hydrogen) atoms. The topological polar surface area (TPSA) is 54.2 Å². The monoisotopic (exact) mass is 290 g/mol. The second kappa shape index (κ2) is 7.23. The molecule has 3 N–H and O–H groups in total. The van der Waals surface area contributed by atoms with Crippen molar-refractivity contribution in [3.05, 3.63) is 24.0 Å². The Kier molecular flexibility index (Phi) is 5.59. The lowest BCUT2D eigenvalue weighted by molar-refractivity contribution is 0.0624. The molecule has 2 rings (SSSR count). The first-order valence-corrected chi connectivity index (χ1v) is 8.37. The molecule has 1 aromatic heterocycles. The maximum Gasteiger partial charge on any atom is 0.0542 e. The Morgan fingerprint density at radius 1 is 1.29 bits per heavy atom. The standard InChI is InChI=1S/C17H30N4/c1-4-17(5-2,21-11-7-8-12-21)16(20-6-3)14-13-19-10-9-15(14)18/h9-10,13,16,20H,4-8,11-12H2,1-3H3,(H2,18,19). The predicted octanol–water partition coefficient (Wildman–Crippen LogP) is 2.97. The molecule has 1 fully saturated rings. The zero-order valence-electron chi connectivity index (χ0n) is 13.7. The zero-order valence-corrected chi connectivity index (χ0v) is 13.7. The number of likely N-dealkylation sites (tertiary alicyclic amines) is 1. The fourth-order valence-corrected chi connectivity index (χ4v) is 3.90. The Bertz CT molecular complexity index is 436. The molecule has 0 aliphatic carbocycles. The summed E-state index contributed by atoms with van der Waals surface area (Å²) in [5.41, 5.74) is 8.38. The van der Waals surface area contributed by atoms with Gasteiger partial charge in [0.15, 0.2) is 0 Å². The van der Waals surface area contributed by atoms with Crippen LogP contribution < -0.4 is 11.1 Å². The highest BCUT2D eigenvalue weighted by molar-refractivity contribution is 5.47. The number of anilines is 1. The summed E-state index contributed by atoms with van der Waals surface area (Å²) >= 11 is 0. The van der Waals surface area contributed by atoms with Crippen molar-refractivity contribution in [2.75, 3.05) is 25.4 Å². The van der Waals surface area contributed by atoms with Crippen LogP contribution in [0.25, 0.3) is 0 Å². The van der Waals surface area contributed by atoms with Crippen molar-refractivity contribution in [1.82, 2.24) is 15.2 Å². The average molecular weight is 290 g/mol. The van der Waals surface area contributed by atoms with Crippen LogP contribution in [0.4, 0.5) is 5.69 Å². The van der Waals surface area contributed by atoms with Crippen LogP contribution in [-0.2, 0) is 0 Å². The number of aromatic nitrogens is 1. The summed E-state index contributed by atoms with van der Waals surface area (Å²) in [6, 6.07) is 2.16. The molecule has 1 aliphatic heterocycles. The number of rotatable bonds is 7. The predicted molar refractivity (Wildman–Crippen MR) is 89.2 cm³/mol. The van der Waals surface area contributed by atoms with Crippen LogP contribution in [0.2, 0.25) is 0 Å². The van der Waals surface area contributed by atoms with E-state index in [0.29, 0.717) is 0 Å². The van der Waals surface area contributed by atoms with Crippen molar-refractivity contribution >= 4 is 5.69 Å². The molecule has 1 aromatic rings. The Balaban J connectivity index is 2.43. The van der Waals surface area contributed by atoms with Crippen LogP contribution in [0.15, 0.2) is 18.5 Å². The smallest absolute Gasteiger partial charge is 0.0542 e. The number of hydrogen-bond acceptors (Lipinski definition) is 4. The normalized spacial score (nSPS) is 18.0. The van der Waals surface area contributed by atoms with Gasteiger partial charge in [0.2, 0.25) is 0 Å². The molecule has 0 saturated carbocycles. The van der Waals surface area contributed by atoms with E-state index in [4.69, 9.17) is 5.73 Å². The minimum absolute atomic E-state index is 0.129. The fourth-order valence-electron chi connectivity index (χ4n) is 3.90. The van der Waals surface area contributed by atoms with Gasteiger partial charge in [0.1, 0.15) is 0 Å². The van der Waals surface area contributed by atoms with Gasteiger partial charge in [-0.3, -0.25) is 9.88 Å². The van der Waals surface area contributed by atoms with Crippen molar-refractivity contribution in [1.29, 1.82) is 0 Å². The van der Waals surface area contributed by atoms with Crippen molar-refractivity contribution in [3.8, 4) is 0 Å². The zero-order chi connectivity index (χ0) is 15.3. The van der Waals surface area contributed by atoms with Gasteiger partial charge in [-0.25, -0.2) is 0 Å². The van der Waals surface area contributed by atoms with Gasteiger partial charge in [-0.05, 0) is 51.4 Å². The Hall–Kier alpha value is -1.13. The Labute approximate surface area is 129 Å². The summed E-state index contributed by atoms with van der Waals surface area (Å²) in [4.78, 5) is 6.99. The van der Waals surface area contributed by atoms with Crippen molar-refractivity contribution in [2.45, 2.75) is 58.0 Å². The van der Waals surface area contributed by atoms with Crippen LogP contribution in [0, 0.1) is 0 Å². The van der Waals surface area contributed by atoms with E-state index in [0.717, 1.165) is 30.6 Å². The quantitative estimate of drug-likeness (QED) is 0.810. The van der Waals surface area contributed by atoms with Crippen molar-refractivity contribution < 1.29 is 0 Å². The molecule has 1 unspecified atom stereocenters. The lowest BCUT2D eigenvalue weighted by atomic mass is 9.79. The molecule has 0 aromatic carbocycles. The van der Waals surface area contributed by atoms with Gasteiger partial charge in [0.05, 0.1) is 6.04 Å². The average Bonchev–Trinajstić information content (AvgIpc) is 3.04. The molecule has 0 amide bonds. The van der Waals surface area contributed by atoms with E-state index in [9.17, 15) is 0 Å². The van der Waals surface area contributed by atoms with Crippen LogP contribution in [0.3, 0.4) is 0 Å². The summed E-state index contributed by atoms with van der Waals surface area (Å²) in [7, 11) is 0. The summed E-state index contributed by atoms with van der Waals surface area (Å²) < 4.78 is 0. The van der Waals surface area contributed by atoms with Crippen LogP contribution in [-0.4, -0.2) is 35.1 Å². The number of nitrogens with one attached hydrogen (secondary N) is 1. The third kappa shape index (κ3) is 3.06. The van der Waals surface area contributed by atoms with Gasteiger partial charge in [0, 0.05) is 29.2 Å². The Morgan fingerprint density at radius 2 is 1.95 bits per heavy atom. The first-order valence-electron chi connectivity index (χ1n) is 8.37. The summed E-state index contributed by atoms with van der Waals surface area (Å²) in [6.45, 7) is 10.1. The number of nitrogen functional groups attached to an aromatic ring is 1. The summed E-state index contributed by atoms with van der Waals surface area (Å²) in [5.74, 6) is 0. The van der Waals surface area contributed by atoms with E-state index < -0.39 is 0 Å². The second-order valence-electron chi connectivity index (χ2n) is 6.00. The van der Waals surface area contributed by atoms with Crippen molar-refractivity contribution in [2.24, 2.45) is 0 Å². The van der Waals surface area contributed by atoms with Crippen molar-refractivity contribution in [3.63, 3.8) is 0 Å². The lowest BCUT2D eigenvalue weighted by Crippen LogP contribution is -2.55. The summed E-state index contributed by atoms with van der Waals surface area (Å²) in [5, 5.41) is 3.70. The number of pyridine rings is 1. The first-order chi connectivity index (χ1) is 10.2. The fraction of sp³-hybridized carbons (Fsp3) is 0.706. The minimum Gasteiger partial charge on any atom is -0.398 e. The van der Waals surface area contributed by atoms with Crippen LogP contribution in [0.5, 0.6) is 0 Å². The molecule has 4 heteroatoms. The number of likely N-dealkylation sites (N-methyl/N-ethyl adjacent to an activating group) is 1. The van der Waals surface area contributed by atoms with E-state index in [2.05, 4.69) is 36.0 Å². The molecule has 4 nitrogen and oxygen atoms in total. The third-order valence-corrected chi connectivity index (χ3v) is 5.10. The van der Waals surface area contributed by atoms with E-state index in [1.807, 2.05) is 12.3 Å². The molecule has 1 aliphatic rings. The van der Waals surface area contributed by atoms with Gasteiger partial charge in [-0.15, -0.1) is 0 Å². The van der Waals surface area contributed by atoms with Gasteiger partial charge in [-0.1, -0.05) is 20.8 Å². The van der Waals surface area contributed by atoms with Gasteiger partial charge in [0.25, 0.3) is 0 Å². The van der Waals surface area contributed by atoms with E-state index in [1.165, 1.54) is 25.9 Å². The van der Waals surface area contributed by atoms with E-state index in [-0.39, 0.29) is 11.6 Å². The molecule has 0 radical (unpaired) electrons. The highest BCUT2D eigenvalue weighted by Gasteiger charge is 2.43. The molecule has 1 atom stereocenters. The molecule has 2 heterocycles. The number of nitrogens with two attached hydrogens (primary N) is 1. The molecule has 1 saturated heterocycles. The lowest BCUT2D eigenvalue weighted by Gasteiger charge is -2.47. The molecular formula is C17H30N4. The largest absolute Gasteiger partial charge is 0.398 e. The molecule has 118 valence electrons. The van der Waals surface area contributed by atoms with Crippen LogP contribution >= 0.6 is 0 Å².